The molecule has 5 rings (SSSR count). The van der Waals surface area contributed by atoms with Gasteiger partial charge >= 0.3 is 6.18 Å². The smallest absolute Gasteiger partial charge is 0.373 e. The SMILES string of the molecule is CNc1cc(C2(C(=O)Nc3cc(C(=O)Nc4ccc(CN5CCN(C)CC5)c(C(F)(F)F)c4)ccc3C)CC2)ncn1. The predicted molar refractivity (Wildman–Crippen MR) is 154 cm³/mol. The van der Waals surface area contributed by atoms with Crippen LogP contribution in [0.5, 0.6) is 0 Å². The lowest BCUT2D eigenvalue weighted by atomic mass is 10.00. The molecule has 2 amide bonds. The number of aryl methyl sites for hydroxylation is 1. The third-order valence-corrected chi connectivity index (χ3v) is 8.01. The predicted octanol–water partition coefficient (Wildman–Crippen LogP) is 4.52. The molecule has 0 bridgehead atoms. The standard InChI is InChI=1S/C30H34F3N7O2/c1-19-4-5-20(14-24(19)38-28(42)29(8-9-29)25-16-26(34-2)36-18-35-25)27(41)37-22-7-6-21(23(15-22)30(31,32)33)17-40-12-10-39(3)11-13-40/h4-7,14-16,18H,8-13,17H2,1-3H3,(H,37,41)(H,38,42)(H,34,35,36). The van der Waals surface area contributed by atoms with E-state index in [2.05, 4.69) is 30.8 Å². The number of halogens is 3. The first-order valence-electron chi connectivity index (χ1n) is 13.8. The van der Waals surface area contributed by atoms with Crippen molar-refractivity contribution in [3.05, 3.63) is 76.7 Å². The summed E-state index contributed by atoms with van der Waals surface area (Å²) >= 11 is 0. The quantitative estimate of drug-likeness (QED) is 0.360. The highest BCUT2D eigenvalue weighted by Gasteiger charge is 2.53. The van der Waals surface area contributed by atoms with Crippen LogP contribution in [-0.4, -0.2) is 71.9 Å². The number of anilines is 3. The molecule has 2 fully saturated rings. The number of nitrogens with zero attached hydrogens (tertiary/aromatic N) is 4. The minimum atomic E-state index is -4.57. The Morgan fingerprint density at radius 2 is 1.71 bits per heavy atom. The molecule has 2 aliphatic rings. The second-order valence-corrected chi connectivity index (χ2v) is 11.0. The summed E-state index contributed by atoms with van der Waals surface area (Å²) in [7, 11) is 3.73. The van der Waals surface area contributed by atoms with Crippen molar-refractivity contribution in [3.8, 4) is 0 Å². The summed E-state index contributed by atoms with van der Waals surface area (Å²) in [6.07, 6.45) is -1.90. The molecule has 42 heavy (non-hydrogen) atoms. The molecule has 2 aromatic carbocycles. The Bertz CT molecular complexity index is 1480. The van der Waals surface area contributed by atoms with E-state index in [-0.39, 0.29) is 29.3 Å². The van der Waals surface area contributed by atoms with Crippen molar-refractivity contribution in [2.24, 2.45) is 0 Å². The van der Waals surface area contributed by atoms with E-state index < -0.39 is 23.1 Å². The largest absolute Gasteiger partial charge is 0.416 e. The second kappa shape index (κ2) is 11.7. The van der Waals surface area contributed by atoms with Gasteiger partial charge in [0.15, 0.2) is 0 Å². The number of piperazine rings is 1. The molecule has 0 unspecified atom stereocenters. The number of hydrogen-bond donors (Lipinski definition) is 3. The van der Waals surface area contributed by atoms with Crippen molar-refractivity contribution in [2.45, 2.75) is 37.9 Å². The van der Waals surface area contributed by atoms with Gasteiger partial charge in [-0.25, -0.2) is 9.97 Å². The number of hydrogen-bond acceptors (Lipinski definition) is 7. The van der Waals surface area contributed by atoms with Crippen LogP contribution in [0, 0.1) is 6.92 Å². The van der Waals surface area contributed by atoms with E-state index in [0.717, 1.165) is 24.7 Å². The van der Waals surface area contributed by atoms with Crippen LogP contribution in [0.1, 0.15) is 45.6 Å². The second-order valence-electron chi connectivity index (χ2n) is 11.0. The molecule has 0 spiro atoms. The summed E-state index contributed by atoms with van der Waals surface area (Å²) < 4.78 is 42.0. The maximum absolute atomic E-state index is 14.0. The number of rotatable bonds is 8. The van der Waals surface area contributed by atoms with E-state index in [1.165, 1.54) is 24.5 Å². The summed E-state index contributed by atoms with van der Waals surface area (Å²) in [6, 6.07) is 10.4. The van der Waals surface area contributed by atoms with Gasteiger partial charge in [0.05, 0.1) is 16.7 Å². The Labute approximate surface area is 242 Å². The Balaban J connectivity index is 1.31. The third kappa shape index (κ3) is 6.39. The lowest BCUT2D eigenvalue weighted by molar-refractivity contribution is -0.138. The van der Waals surface area contributed by atoms with Gasteiger partial charge in [-0.1, -0.05) is 12.1 Å². The lowest BCUT2D eigenvalue weighted by Crippen LogP contribution is -2.44. The van der Waals surface area contributed by atoms with Gasteiger partial charge in [0.2, 0.25) is 5.91 Å². The molecular formula is C30H34F3N7O2. The molecule has 0 atom stereocenters. The van der Waals surface area contributed by atoms with Gasteiger partial charge in [-0.3, -0.25) is 14.5 Å². The fourth-order valence-corrected chi connectivity index (χ4v) is 5.13. The van der Waals surface area contributed by atoms with E-state index in [4.69, 9.17) is 0 Å². The van der Waals surface area contributed by atoms with Crippen molar-refractivity contribution >= 4 is 29.0 Å². The summed E-state index contributed by atoms with van der Waals surface area (Å²) in [5.74, 6) is -0.217. The zero-order valence-electron chi connectivity index (χ0n) is 23.8. The average molecular weight is 582 g/mol. The molecule has 9 nitrogen and oxygen atoms in total. The van der Waals surface area contributed by atoms with Crippen LogP contribution < -0.4 is 16.0 Å². The van der Waals surface area contributed by atoms with Crippen molar-refractivity contribution in [2.75, 3.05) is 56.2 Å². The van der Waals surface area contributed by atoms with Crippen molar-refractivity contribution in [1.82, 2.24) is 19.8 Å². The van der Waals surface area contributed by atoms with E-state index in [0.29, 0.717) is 43.1 Å². The maximum atomic E-state index is 14.0. The molecule has 12 heteroatoms. The normalized spacial score (nSPS) is 17.0. The zero-order valence-corrected chi connectivity index (χ0v) is 23.8. The fraction of sp³-hybridized carbons (Fsp3) is 0.400. The van der Waals surface area contributed by atoms with Crippen LogP contribution in [0.4, 0.5) is 30.4 Å². The molecule has 2 heterocycles. The molecular weight excluding hydrogens is 547 g/mol. The van der Waals surface area contributed by atoms with Crippen LogP contribution in [0.2, 0.25) is 0 Å². The molecule has 1 aliphatic carbocycles. The highest BCUT2D eigenvalue weighted by molar-refractivity contribution is 6.06. The molecule has 0 radical (unpaired) electrons. The van der Waals surface area contributed by atoms with Crippen LogP contribution in [0.15, 0.2) is 48.8 Å². The summed E-state index contributed by atoms with van der Waals surface area (Å²) in [4.78, 5) is 39.0. The van der Waals surface area contributed by atoms with E-state index in [1.54, 1.807) is 32.2 Å². The molecule has 1 aromatic heterocycles. The topological polar surface area (TPSA) is 102 Å². The van der Waals surface area contributed by atoms with Crippen molar-refractivity contribution < 1.29 is 22.8 Å². The van der Waals surface area contributed by atoms with Crippen LogP contribution >= 0.6 is 0 Å². The number of carbonyl (C=O) groups excluding carboxylic acids is 2. The van der Waals surface area contributed by atoms with Gasteiger partial charge in [-0.2, -0.15) is 13.2 Å². The first-order valence-corrected chi connectivity index (χ1v) is 13.8. The van der Waals surface area contributed by atoms with Crippen LogP contribution in [0.3, 0.4) is 0 Å². The molecule has 1 saturated heterocycles. The minimum Gasteiger partial charge on any atom is -0.373 e. The first kappa shape index (κ1) is 29.5. The van der Waals surface area contributed by atoms with Gasteiger partial charge in [0, 0.05) is 62.8 Å². The van der Waals surface area contributed by atoms with Gasteiger partial charge in [-0.15, -0.1) is 0 Å². The van der Waals surface area contributed by atoms with Gasteiger partial charge in [0.1, 0.15) is 12.1 Å². The van der Waals surface area contributed by atoms with E-state index in [1.807, 2.05) is 11.9 Å². The highest BCUT2D eigenvalue weighted by Crippen LogP contribution is 2.48. The number of carbonyl (C=O) groups is 2. The number of likely N-dealkylation sites (N-methyl/N-ethyl adjacent to an activating group) is 1. The molecule has 3 aromatic rings. The Morgan fingerprint density at radius 3 is 2.38 bits per heavy atom. The molecule has 3 N–H and O–H groups in total. The van der Waals surface area contributed by atoms with Crippen molar-refractivity contribution in [3.63, 3.8) is 0 Å². The molecule has 1 aliphatic heterocycles. The first-order chi connectivity index (χ1) is 20.0. The maximum Gasteiger partial charge on any atom is 0.416 e. The Hall–Kier alpha value is -4.03. The van der Waals surface area contributed by atoms with Gasteiger partial charge in [-0.05, 0) is 62.2 Å². The van der Waals surface area contributed by atoms with E-state index in [9.17, 15) is 22.8 Å². The zero-order chi connectivity index (χ0) is 30.1. The van der Waals surface area contributed by atoms with Crippen LogP contribution in [0.25, 0.3) is 0 Å². The summed E-state index contributed by atoms with van der Waals surface area (Å²) in [6.45, 7) is 4.96. The van der Waals surface area contributed by atoms with Gasteiger partial charge < -0.3 is 20.9 Å². The molecule has 222 valence electrons. The number of nitrogens with one attached hydrogen (secondary N) is 3. The number of benzene rings is 2. The monoisotopic (exact) mass is 581 g/mol. The number of aromatic nitrogens is 2. The summed E-state index contributed by atoms with van der Waals surface area (Å²) in [5, 5.41) is 8.47. The third-order valence-electron chi connectivity index (χ3n) is 8.01. The Morgan fingerprint density at radius 1 is 0.976 bits per heavy atom. The fourth-order valence-electron chi connectivity index (χ4n) is 5.13. The summed E-state index contributed by atoms with van der Waals surface area (Å²) in [5.41, 5.74) is 0.669. The Kier molecular flexibility index (Phi) is 8.20. The van der Waals surface area contributed by atoms with E-state index >= 15 is 0 Å². The van der Waals surface area contributed by atoms with Gasteiger partial charge in [0.25, 0.3) is 5.91 Å². The number of alkyl halides is 3. The number of amides is 2. The van der Waals surface area contributed by atoms with Crippen LogP contribution in [-0.2, 0) is 22.9 Å². The highest BCUT2D eigenvalue weighted by atomic mass is 19.4. The average Bonchev–Trinajstić information content (AvgIpc) is 3.78. The molecule has 1 saturated carbocycles. The minimum absolute atomic E-state index is 0.0432. The lowest BCUT2D eigenvalue weighted by Gasteiger charge is -2.33. The van der Waals surface area contributed by atoms with Crippen molar-refractivity contribution in [1.29, 1.82) is 0 Å².